The van der Waals surface area contributed by atoms with Crippen molar-refractivity contribution in [1.29, 1.82) is 0 Å². The molecule has 0 bridgehead atoms. The highest BCUT2D eigenvalue weighted by Gasteiger charge is 2.00. The van der Waals surface area contributed by atoms with Gasteiger partial charge in [0.25, 0.3) is 0 Å². The zero-order valence-electron chi connectivity index (χ0n) is 10.9. The average Bonchev–Trinajstić information content (AvgIpc) is 2.47. The SMILES string of the molecule is C[S@](=O)c1ccc(NC(=O)/C=C/c2cccnc2)cc1. The van der Waals surface area contributed by atoms with E-state index in [-0.39, 0.29) is 5.91 Å². The Bertz CT molecular complexity index is 637. The van der Waals surface area contributed by atoms with E-state index in [1.165, 1.54) is 6.08 Å². The maximum Gasteiger partial charge on any atom is 0.248 e. The Morgan fingerprint density at radius 3 is 2.60 bits per heavy atom. The number of benzene rings is 1. The first-order valence-electron chi connectivity index (χ1n) is 5.98. The van der Waals surface area contributed by atoms with Gasteiger partial charge in [-0.2, -0.15) is 0 Å². The van der Waals surface area contributed by atoms with Crippen LogP contribution in [0.15, 0.2) is 59.8 Å². The van der Waals surface area contributed by atoms with Crippen LogP contribution in [0.25, 0.3) is 6.08 Å². The van der Waals surface area contributed by atoms with Crippen LogP contribution in [0.1, 0.15) is 5.56 Å². The van der Waals surface area contributed by atoms with Gasteiger partial charge in [-0.15, -0.1) is 0 Å². The maximum atomic E-state index is 11.7. The summed E-state index contributed by atoms with van der Waals surface area (Å²) < 4.78 is 11.2. The molecule has 0 spiro atoms. The fourth-order valence-corrected chi connectivity index (χ4v) is 2.08. The average molecular weight is 286 g/mol. The molecule has 1 aromatic heterocycles. The second kappa shape index (κ2) is 6.77. The normalized spacial score (nSPS) is 12.2. The molecule has 1 heterocycles. The molecule has 0 aliphatic heterocycles. The summed E-state index contributed by atoms with van der Waals surface area (Å²) in [5, 5.41) is 2.73. The lowest BCUT2D eigenvalue weighted by atomic mass is 10.2. The minimum Gasteiger partial charge on any atom is -0.323 e. The molecule has 0 aliphatic carbocycles. The van der Waals surface area contributed by atoms with Gasteiger partial charge in [0.2, 0.25) is 5.91 Å². The van der Waals surface area contributed by atoms with Gasteiger partial charge in [0.1, 0.15) is 0 Å². The third-order valence-corrected chi connectivity index (χ3v) is 3.50. The molecule has 0 saturated carbocycles. The monoisotopic (exact) mass is 286 g/mol. The standard InChI is InChI=1S/C15H14N2O2S/c1-20(19)14-7-5-13(6-8-14)17-15(18)9-4-12-3-2-10-16-11-12/h2-11H,1H3,(H,17,18)/b9-4+/t20-/m0/s1. The Morgan fingerprint density at radius 1 is 1.25 bits per heavy atom. The molecule has 0 unspecified atom stereocenters. The molecule has 4 nitrogen and oxygen atoms in total. The zero-order chi connectivity index (χ0) is 14.4. The van der Waals surface area contributed by atoms with Crippen LogP contribution in [0.3, 0.4) is 0 Å². The van der Waals surface area contributed by atoms with Crippen LogP contribution in [0.4, 0.5) is 5.69 Å². The minimum absolute atomic E-state index is 0.223. The number of anilines is 1. The fraction of sp³-hybridized carbons (Fsp3) is 0.0667. The van der Waals surface area contributed by atoms with Crippen molar-refractivity contribution in [2.45, 2.75) is 4.90 Å². The van der Waals surface area contributed by atoms with E-state index in [4.69, 9.17) is 0 Å². The minimum atomic E-state index is -1.01. The lowest BCUT2D eigenvalue weighted by Crippen LogP contribution is -2.07. The Morgan fingerprint density at radius 2 is 2.00 bits per heavy atom. The van der Waals surface area contributed by atoms with Crippen molar-refractivity contribution in [3.63, 3.8) is 0 Å². The molecule has 1 aromatic carbocycles. The van der Waals surface area contributed by atoms with Gasteiger partial charge in [0, 0.05) is 46.1 Å². The van der Waals surface area contributed by atoms with Crippen LogP contribution in [0.5, 0.6) is 0 Å². The van der Waals surface area contributed by atoms with Crippen molar-refractivity contribution >= 4 is 28.5 Å². The van der Waals surface area contributed by atoms with Gasteiger partial charge in [-0.3, -0.25) is 14.0 Å². The summed E-state index contributed by atoms with van der Waals surface area (Å²) in [4.78, 5) is 16.4. The second-order valence-electron chi connectivity index (χ2n) is 4.09. The van der Waals surface area contributed by atoms with Crippen molar-refractivity contribution in [2.75, 3.05) is 11.6 Å². The zero-order valence-corrected chi connectivity index (χ0v) is 11.8. The predicted molar refractivity (Wildman–Crippen MR) is 80.7 cm³/mol. The molecule has 1 atom stereocenters. The van der Waals surface area contributed by atoms with Gasteiger partial charge in [-0.1, -0.05) is 6.07 Å². The summed E-state index contributed by atoms with van der Waals surface area (Å²) in [5.74, 6) is -0.223. The van der Waals surface area contributed by atoms with E-state index in [1.807, 2.05) is 6.07 Å². The molecule has 0 fully saturated rings. The van der Waals surface area contributed by atoms with E-state index >= 15 is 0 Å². The first kappa shape index (κ1) is 14.1. The molecule has 1 N–H and O–H groups in total. The predicted octanol–water partition coefficient (Wildman–Crippen LogP) is 2.47. The molecule has 2 rings (SSSR count). The Hall–Kier alpha value is -2.27. The van der Waals surface area contributed by atoms with Crippen molar-refractivity contribution in [3.05, 3.63) is 60.4 Å². The van der Waals surface area contributed by atoms with E-state index in [0.29, 0.717) is 5.69 Å². The topological polar surface area (TPSA) is 59.1 Å². The van der Waals surface area contributed by atoms with E-state index in [2.05, 4.69) is 10.3 Å². The summed E-state index contributed by atoms with van der Waals surface area (Å²) in [6.45, 7) is 0. The molecule has 0 aliphatic rings. The highest BCUT2D eigenvalue weighted by Crippen LogP contribution is 2.12. The number of hydrogen-bond donors (Lipinski definition) is 1. The van der Waals surface area contributed by atoms with Crippen LogP contribution in [0.2, 0.25) is 0 Å². The Balaban J connectivity index is 1.98. The molecule has 0 radical (unpaired) electrons. The molecule has 5 heteroatoms. The summed E-state index contributed by atoms with van der Waals surface area (Å²) in [6, 6.07) is 10.6. The van der Waals surface area contributed by atoms with Crippen LogP contribution < -0.4 is 5.32 Å². The van der Waals surface area contributed by atoms with Gasteiger partial charge in [0.15, 0.2) is 0 Å². The number of carbonyl (C=O) groups excluding carboxylic acids is 1. The number of aromatic nitrogens is 1. The molecular formula is C15H14N2O2S. The summed E-state index contributed by atoms with van der Waals surface area (Å²) in [5.41, 5.74) is 1.53. The number of hydrogen-bond acceptors (Lipinski definition) is 3. The van der Waals surface area contributed by atoms with E-state index in [1.54, 1.807) is 55.1 Å². The lowest BCUT2D eigenvalue weighted by Gasteiger charge is -2.03. The van der Waals surface area contributed by atoms with Crippen molar-refractivity contribution < 1.29 is 9.00 Å². The summed E-state index contributed by atoms with van der Waals surface area (Å²) in [6.07, 6.45) is 8.11. The maximum absolute atomic E-state index is 11.7. The lowest BCUT2D eigenvalue weighted by molar-refractivity contribution is -0.111. The summed E-state index contributed by atoms with van der Waals surface area (Å²) >= 11 is 0. The summed E-state index contributed by atoms with van der Waals surface area (Å²) in [7, 11) is -1.01. The van der Waals surface area contributed by atoms with Crippen LogP contribution >= 0.6 is 0 Å². The number of rotatable bonds is 4. The van der Waals surface area contributed by atoms with Crippen LogP contribution in [0, 0.1) is 0 Å². The number of carbonyl (C=O) groups is 1. The van der Waals surface area contributed by atoms with Crippen molar-refractivity contribution in [2.24, 2.45) is 0 Å². The highest BCUT2D eigenvalue weighted by atomic mass is 32.2. The molecule has 0 saturated heterocycles. The Kier molecular flexibility index (Phi) is 4.79. The van der Waals surface area contributed by atoms with Crippen molar-refractivity contribution in [3.8, 4) is 0 Å². The highest BCUT2D eigenvalue weighted by molar-refractivity contribution is 7.84. The van der Waals surface area contributed by atoms with Gasteiger partial charge < -0.3 is 5.32 Å². The number of amides is 1. The molecule has 102 valence electrons. The number of nitrogens with one attached hydrogen (secondary N) is 1. The first-order valence-corrected chi connectivity index (χ1v) is 7.53. The van der Waals surface area contributed by atoms with E-state index < -0.39 is 10.8 Å². The van der Waals surface area contributed by atoms with Gasteiger partial charge in [-0.25, -0.2) is 0 Å². The smallest absolute Gasteiger partial charge is 0.248 e. The molecular weight excluding hydrogens is 272 g/mol. The van der Waals surface area contributed by atoms with Gasteiger partial charge in [-0.05, 0) is 42.0 Å². The van der Waals surface area contributed by atoms with Gasteiger partial charge in [0.05, 0.1) is 0 Å². The van der Waals surface area contributed by atoms with Gasteiger partial charge >= 0.3 is 0 Å². The van der Waals surface area contributed by atoms with E-state index in [9.17, 15) is 9.00 Å². The second-order valence-corrected chi connectivity index (χ2v) is 5.47. The van der Waals surface area contributed by atoms with Crippen molar-refractivity contribution in [1.82, 2.24) is 4.98 Å². The van der Waals surface area contributed by atoms with E-state index in [0.717, 1.165) is 10.5 Å². The number of nitrogens with zero attached hydrogens (tertiary/aromatic N) is 1. The Labute approximate surface area is 120 Å². The number of pyridine rings is 1. The molecule has 20 heavy (non-hydrogen) atoms. The molecule has 1 amide bonds. The van der Waals surface area contributed by atoms with Crippen LogP contribution in [-0.2, 0) is 15.6 Å². The fourth-order valence-electron chi connectivity index (χ4n) is 1.56. The quantitative estimate of drug-likeness (QED) is 0.878. The first-order chi connectivity index (χ1) is 9.65. The molecule has 2 aromatic rings. The third-order valence-electron chi connectivity index (χ3n) is 2.57. The third kappa shape index (κ3) is 4.13. The van der Waals surface area contributed by atoms with Crippen LogP contribution in [-0.4, -0.2) is 21.4 Å². The largest absolute Gasteiger partial charge is 0.323 e.